The Hall–Kier alpha value is -1.38. The third kappa shape index (κ3) is 2.10. The fourth-order valence-corrected chi connectivity index (χ4v) is 1.35. The highest BCUT2D eigenvalue weighted by Crippen LogP contribution is 2.20. The maximum Gasteiger partial charge on any atom is 0.250 e. The van der Waals surface area contributed by atoms with Crippen LogP contribution in [0.2, 0.25) is 0 Å². The monoisotopic (exact) mass is 192 g/mol. The van der Waals surface area contributed by atoms with Gasteiger partial charge in [-0.3, -0.25) is 9.78 Å². The Bertz CT molecular complexity index is 347. The van der Waals surface area contributed by atoms with Gasteiger partial charge in [-0.25, -0.2) is 0 Å². The first kappa shape index (κ1) is 10.7. The smallest absolute Gasteiger partial charge is 0.250 e. The molecule has 1 heterocycles. The van der Waals surface area contributed by atoms with Crippen molar-refractivity contribution in [1.29, 1.82) is 0 Å². The molecule has 0 aliphatic carbocycles. The molecule has 1 amide bonds. The molecule has 0 aromatic carbocycles. The van der Waals surface area contributed by atoms with E-state index in [4.69, 9.17) is 5.73 Å². The predicted octanol–water partition coefficient (Wildman–Crippen LogP) is 2.00. The molecule has 0 spiro atoms. The Balaban J connectivity index is 3.22. The van der Waals surface area contributed by atoms with Gasteiger partial charge in [0.15, 0.2) is 0 Å². The number of hydrogen-bond acceptors (Lipinski definition) is 2. The van der Waals surface area contributed by atoms with Gasteiger partial charge >= 0.3 is 0 Å². The van der Waals surface area contributed by atoms with Gasteiger partial charge in [-0.1, -0.05) is 13.8 Å². The second-order valence-corrected chi connectivity index (χ2v) is 3.56. The van der Waals surface area contributed by atoms with Crippen molar-refractivity contribution in [1.82, 2.24) is 4.98 Å². The molecule has 0 saturated heterocycles. The van der Waals surface area contributed by atoms with Crippen LogP contribution < -0.4 is 5.73 Å². The highest BCUT2D eigenvalue weighted by atomic mass is 16.1. The molecule has 0 radical (unpaired) electrons. The molecular formula is C11H16N2O. The van der Waals surface area contributed by atoms with Gasteiger partial charge in [0.25, 0.3) is 5.91 Å². The van der Waals surface area contributed by atoms with E-state index < -0.39 is 5.91 Å². The maximum atomic E-state index is 11.1. The van der Waals surface area contributed by atoms with E-state index in [0.717, 1.165) is 17.8 Å². The average Bonchev–Trinajstić information content (AvgIpc) is 2.16. The number of rotatable bonds is 3. The van der Waals surface area contributed by atoms with E-state index in [2.05, 4.69) is 11.9 Å². The zero-order chi connectivity index (χ0) is 10.7. The van der Waals surface area contributed by atoms with Crippen LogP contribution >= 0.6 is 0 Å². The topological polar surface area (TPSA) is 56.0 Å². The number of carbonyl (C=O) groups is 1. The predicted molar refractivity (Wildman–Crippen MR) is 56.2 cm³/mol. The van der Waals surface area contributed by atoms with Crippen LogP contribution in [0, 0.1) is 6.92 Å². The Morgan fingerprint density at radius 1 is 1.57 bits per heavy atom. The fourth-order valence-electron chi connectivity index (χ4n) is 1.35. The number of pyridine rings is 1. The lowest BCUT2D eigenvalue weighted by Crippen LogP contribution is -2.16. The van der Waals surface area contributed by atoms with Crippen molar-refractivity contribution in [2.24, 2.45) is 5.73 Å². The molecule has 2 N–H and O–H groups in total. The summed E-state index contributed by atoms with van der Waals surface area (Å²) < 4.78 is 0. The number of primary amides is 1. The summed E-state index contributed by atoms with van der Waals surface area (Å²) in [6.07, 6.45) is 0.955. The van der Waals surface area contributed by atoms with Crippen LogP contribution in [0.3, 0.4) is 0 Å². The zero-order valence-corrected chi connectivity index (χ0v) is 8.87. The number of aryl methyl sites for hydroxylation is 1. The van der Waals surface area contributed by atoms with Gasteiger partial charge in [0.1, 0.15) is 0 Å². The van der Waals surface area contributed by atoms with Crippen molar-refractivity contribution in [2.75, 3.05) is 0 Å². The molecule has 1 aromatic heterocycles. The molecule has 0 bridgehead atoms. The van der Waals surface area contributed by atoms with Gasteiger partial charge in [0.2, 0.25) is 0 Å². The summed E-state index contributed by atoms with van der Waals surface area (Å²) in [4.78, 5) is 15.5. The number of nitrogens with two attached hydrogens (primary N) is 1. The quantitative estimate of drug-likeness (QED) is 0.796. The van der Waals surface area contributed by atoms with Crippen LogP contribution in [0.5, 0.6) is 0 Å². The van der Waals surface area contributed by atoms with Crippen LogP contribution in [-0.2, 0) is 0 Å². The van der Waals surface area contributed by atoms with Gasteiger partial charge < -0.3 is 5.73 Å². The van der Waals surface area contributed by atoms with E-state index in [1.54, 1.807) is 6.07 Å². The molecule has 3 heteroatoms. The van der Waals surface area contributed by atoms with Crippen molar-refractivity contribution < 1.29 is 4.79 Å². The van der Waals surface area contributed by atoms with Crippen LogP contribution in [0.25, 0.3) is 0 Å². The van der Waals surface area contributed by atoms with Gasteiger partial charge in [0.05, 0.1) is 11.3 Å². The molecule has 3 nitrogen and oxygen atoms in total. The Morgan fingerprint density at radius 3 is 2.71 bits per heavy atom. The third-order valence-corrected chi connectivity index (χ3v) is 2.41. The van der Waals surface area contributed by atoms with Crippen molar-refractivity contribution >= 4 is 5.91 Å². The highest BCUT2D eigenvalue weighted by molar-refractivity contribution is 5.94. The molecule has 1 unspecified atom stereocenters. The molecule has 76 valence electrons. The normalized spacial score (nSPS) is 12.5. The van der Waals surface area contributed by atoms with Crippen LogP contribution in [0.1, 0.15) is 47.9 Å². The summed E-state index contributed by atoms with van der Waals surface area (Å²) in [6, 6.07) is 3.57. The van der Waals surface area contributed by atoms with E-state index in [1.807, 2.05) is 19.9 Å². The number of carbonyl (C=O) groups excluding carboxylic acids is 1. The number of aromatic nitrogens is 1. The number of amides is 1. The number of nitrogens with zero attached hydrogens (tertiary/aromatic N) is 1. The summed E-state index contributed by atoms with van der Waals surface area (Å²) in [6.45, 7) is 6.03. The zero-order valence-electron chi connectivity index (χ0n) is 8.87. The molecule has 14 heavy (non-hydrogen) atoms. The van der Waals surface area contributed by atoms with Crippen molar-refractivity contribution in [2.45, 2.75) is 33.1 Å². The van der Waals surface area contributed by atoms with E-state index >= 15 is 0 Å². The van der Waals surface area contributed by atoms with Crippen LogP contribution in [0.4, 0.5) is 0 Å². The first-order valence-electron chi connectivity index (χ1n) is 4.83. The molecule has 1 rings (SSSR count). The minimum Gasteiger partial charge on any atom is -0.366 e. The maximum absolute atomic E-state index is 11.1. The Morgan fingerprint density at radius 2 is 2.21 bits per heavy atom. The molecule has 0 saturated carbocycles. The molecule has 1 atom stereocenters. The molecular weight excluding hydrogens is 176 g/mol. The molecule has 1 aromatic rings. The molecule has 0 aliphatic heterocycles. The van der Waals surface area contributed by atoms with E-state index in [9.17, 15) is 4.79 Å². The first-order chi connectivity index (χ1) is 6.56. The standard InChI is InChI=1S/C11H16N2O/c1-4-7(2)10-9(11(12)14)6-5-8(3)13-10/h5-7H,4H2,1-3H3,(H2,12,14). The fraction of sp³-hybridized carbons (Fsp3) is 0.455. The average molecular weight is 192 g/mol. The molecule has 0 aliphatic rings. The van der Waals surface area contributed by atoms with Gasteiger partial charge in [-0.05, 0) is 31.4 Å². The lowest BCUT2D eigenvalue weighted by molar-refractivity contribution is 0.0998. The lowest BCUT2D eigenvalue weighted by Gasteiger charge is -2.12. The van der Waals surface area contributed by atoms with Gasteiger partial charge in [-0.15, -0.1) is 0 Å². The van der Waals surface area contributed by atoms with Crippen LogP contribution in [0.15, 0.2) is 12.1 Å². The largest absolute Gasteiger partial charge is 0.366 e. The summed E-state index contributed by atoms with van der Waals surface area (Å²) in [5.41, 5.74) is 7.57. The van der Waals surface area contributed by atoms with Gasteiger partial charge in [0, 0.05) is 5.69 Å². The van der Waals surface area contributed by atoms with Crippen molar-refractivity contribution in [3.8, 4) is 0 Å². The van der Waals surface area contributed by atoms with E-state index in [-0.39, 0.29) is 5.92 Å². The van der Waals surface area contributed by atoms with Gasteiger partial charge in [-0.2, -0.15) is 0 Å². The Kier molecular flexibility index (Phi) is 3.23. The lowest BCUT2D eigenvalue weighted by atomic mass is 9.99. The minimum atomic E-state index is -0.396. The van der Waals surface area contributed by atoms with E-state index in [1.165, 1.54) is 0 Å². The second-order valence-electron chi connectivity index (χ2n) is 3.56. The first-order valence-corrected chi connectivity index (χ1v) is 4.83. The van der Waals surface area contributed by atoms with E-state index in [0.29, 0.717) is 5.56 Å². The molecule has 0 fully saturated rings. The van der Waals surface area contributed by atoms with Crippen LogP contribution in [-0.4, -0.2) is 10.9 Å². The second kappa shape index (κ2) is 4.22. The number of hydrogen-bond donors (Lipinski definition) is 1. The SMILES string of the molecule is CCC(C)c1nc(C)ccc1C(N)=O. The highest BCUT2D eigenvalue weighted by Gasteiger charge is 2.14. The Labute approximate surface area is 84.3 Å². The summed E-state index contributed by atoms with van der Waals surface area (Å²) in [7, 11) is 0. The summed E-state index contributed by atoms with van der Waals surface area (Å²) in [5.74, 6) is -0.120. The van der Waals surface area contributed by atoms with Crippen molar-refractivity contribution in [3.05, 3.63) is 29.1 Å². The summed E-state index contributed by atoms with van der Waals surface area (Å²) >= 11 is 0. The summed E-state index contributed by atoms with van der Waals surface area (Å²) in [5, 5.41) is 0. The van der Waals surface area contributed by atoms with Crippen molar-refractivity contribution in [3.63, 3.8) is 0 Å². The minimum absolute atomic E-state index is 0.275. The third-order valence-electron chi connectivity index (χ3n) is 2.41.